The van der Waals surface area contributed by atoms with Gasteiger partial charge in [-0.3, -0.25) is 0 Å². The van der Waals surface area contributed by atoms with Crippen LogP contribution in [0.3, 0.4) is 0 Å². The molecule has 2 aromatic rings. The fourth-order valence-electron chi connectivity index (χ4n) is 1.50. The average molecular weight is 264 g/mol. The molecule has 1 N–H and O–H groups in total. The van der Waals surface area contributed by atoms with E-state index in [-0.39, 0.29) is 5.75 Å². The smallest absolute Gasteiger partial charge is 0.161 e. The lowest BCUT2D eigenvalue weighted by Gasteiger charge is -2.03. The molecule has 18 heavy (non-hydrogen) atoms. The number of hydrogen-bond acceptors (Lipinski definition) is 5. The zero-order chi connectivity index (χ0) is 12.8. The van der Waals surface area contributed by atoms with Crippen molar-refractivity contribution in [3.63, 3.8) is 0 Å². The second-order valence-corrected chi connectivity index (χ2v) is 5.00. The maximum Gasteiger partial charge on any atom is 0.161 e. The van der Waals surface area contributed by atoms with Crippen LogP contribution in [0.15, 0.2) is 29.2 Å². The highest BCUT2D eigenvalue weighted by Crippen LogP contribution is 2.23. The van der Waals surface area contributed by atoms with E-state index in [2.05, 4.69) is 22.4 Å². The number of aromatic hydroxyl groups is 1. The quantitative estimate of drug-likeness (QED) is 0.812. The summed E-state index contributed by atoms with van der Waals surface area (Å²) in [4.78, 5) is 1.10. The lowest BCUT2D eigenvalue weighted by molar-refractivity contribution is 0.475. The van der Waals surface area contributed by atoms with E-state index in [9.17, 15) is 5.11 Å². The van der Waals surface area contributed by atoms with Gasteiger partial charge in [0.15, 0.2) is 5.82 Å². The number of phenols is 1. The van der Waals surface area contributed by atoms with Crippen molar-refractivity contribution in [1.29, 1.82) is 0 Å². The minimum Gasteiger partial charge on any atom is -0.508 e. The van der Waals surface area contributed by atoms with E-state index in [0.717, 1.165) is 35.9 Å². The van der Waals surface area contributed by atoms with Crippen LogP contribution in [0.2, 0.25) is 0 Å². The van der Waals surface area contributed by atoms with Crippen LogP contribution in [0.5, 0.6) is 5.75 Å². The van der Waals surface area contributed by atoms with E-state index in [1.54, 1.807) is 23.9 Å². The molecule has 0 radical (unpaired) electrons. The van der Waals surface area contributed by atoms with Gasteiger partial charge in [-0.2, -0.15) is 0 Å². The van der Waals surface area contributed by atoms with Gasteiger partial charge in [0.05, 0.1) is 5.75 Å². The largest absolute Gasteiger partial charge is 0.508 e. The molecule has 2 rings (SSSR count). The van der Waals surface area contributed by atoms with Crippen LogP contribution in [0.1, 0.15) is 25.6 Å². The molecule has 0 unspecified atom stereocenters. The van der Waals surface area contributed by atoms with Crippen molar-refractivity contribution < 1.29 is 5.11 Å². The third-order valence-corrected chi connectivity index (χ3v) is 3.54. The van der Waals surface area contributed by atoms with Crippen LogP contribution in [0.25, 0.3) is 0 Å². The average Bonchev–Trinajstić information content (AvgIpc) is 2.83. The third kappa shape index (κ3) is 3.46. The molecule has 1 aromatic carbocycles. The summed E-state index contributed by atoms with van der Waals surface area (Å²) in [6, 6.07) is 7.14. The van der Waals surface area contributed by atoms with Gasteiger partial charge in [0.25, 0.3) is 0 Å². The van der Waals surface area contributed by atoms with Gasteiger partial charge in [0, 0.05) is 11.4 Å². The molecule has 0 aliphatic rings. The Labute approximate surface area is 110 Å². The standard InChI is InChI=1S/C12H16N4OS/c1-2-3-8-16-12(13-14-15-16)9-18-11-6-4-10(17)5-7-11/h4-7,17H,2-3,8-9H2,1H3. The summed E-state index contributed by atoms with van der Waals surface area (Å²) in [7, 11) is 0. The lowest BCUT2D eigenvalue weighted by Crippen LogP contribution is -2.04. The summed E-state index contributed by atoms with van der Waals surface area (Å²) in [6.07, 6.45) is 2.21. The molecule has 0 spiro atoms. The van der Waals surface area contributed by atoms with E-state index < -0.39 is 0 Å². The summed E-state index contributed by atoms with van der Waals surface area (Å²) in [6.45, 7) is 3.02. The predicted molar refractivity (Wildman–Crippen MR) is 70.4 cm³/mol. The van der Waals surface area contributed by atoms with Crippen molar-refractivity contribution in [3.05, 3.63) is 30.1 Å². The highest BCUT2D eigenvalue weighted by molar-refractivity contribution is 7.98. The van der Waals surface area contributed by atoms with Crippen LogP contribution in [0.4, 0.5) is 0 Å². The van der Waals surface area contributed by atoms with Gasteiger partial charge in [-0.15, -0.1) is 16.9 Å². The molecule has 0 aliphatic carbocycles. The van der Waals surface area contributed by atoms with Crippen molar-refractivity contribution >= 4 is 11.8 Å². The number of tetrazole rings is 1. The molecule has 5 nitrogen and oxygen atoms in total. The SMILES string of the molecule is CCCCn1nnnc1CSc1ccc(O)cc1. The zero-order valence-electron chi connectivity index (χ0n) is 10.3. The van der Waals surface area contributed by atoms with Gasteiger partial charge in [-0.25, -0.2) is 4.68 Å². The van der Waals surface area contributed by atoms with Crippen molar-refractivity contribution in [1.82, 2.24) is 20.2 Å². The Morgan fingerprint density at radius 1 is 1.28 bits per heavy atom. The van der Waals surface area contributed by atoms with E-state index in [1.165, 1.54) is 0 Å². The fraction of sp³-hybridized carbons (Fsp3) is 0.417. The Hall–Kier alpha value is -1.56. The van der Waals surface area contributed by atoms with Crippen LogP contribution in [-0.4, -0.2) is 25.3 Å². The second kappa shape index (κ2) is 6.39. The minimum atomic E-state index is 0.284. The van der Waals surface area contributed by atoms with Crippen molar-refractivity contribution in [3.8, 4) is 5.75 Å². The summed E-state index contributed by atoms with van der Waals surface area (Å²) >= 11 is 1.66. The van der Waals surface area contributed by atoms with Gasteiger partial charge in [0.2, 0.25) is 0 Å². The van der Waals surface area contributed by atoms with Gasteiger partial charge >= 0.3 is 0 Å². The van der Waals surface area contributed by atoms with E-state index in [1.807, 2.05) is 16.8 Å². The predicted octanol–water partition coefficient (Wildman–Crippen LogP) is 2.47. The Morgan fingerprint density at radius 3 is 2.78 bits per heavy atom. The molecule has 96 valence electrons. The topological polar surface area (TPSA) is 63.8 Å². The van der Waals surface area contributed by atoms with Crippen molar-refractivity contribution in [2.75, 3.05) is 0 Å². The van der Waals surface area contributed by atoms with Crippen LogP contribution >= 0.6 is 11.8 Å². The molecular formula is C12H16N4OS. The maximum atomic E-state index is 9.20. The Bertz CT molecular complexity index is 483. The molecule has 0 saturated heterocycles. The number of aryl methyl sites for hydroxylation is 1. The lowest BCUT2D eigenvalue weighted by atomic mass is 10.3. The first kappa shape index (κ1) is 12.9. The van der Waals surface area contributed by atoms with Crippen LogP contribution in [-0.2, 0) is 12.3 Å². The molecule has 0 bridgehead atoms. The molecule has 0 saturated carbocycles. The number of thioether (sulfide) groups is 1. The van der Waals surface area contributed by atoms with Crippen molar-refractivity contribution in [2.45, 2.75) is 37.0 Å². The normalized spacial score (nSPS) is 10.7. The second-order valence-electron chi connectivity index (χ2n) is 3.95. The number of phenolic OH excluding ortho intramolecular Hbond substituents is 1. The number of nitrogens with zero attached hydrogens (tertiary/aromatic N) is 4. The molecule has 0 amide bonds. The summed E-state index contributed by atoms with van der Waals surface area (Å²) in [5.41, 5.74) is 0. The summed E-state index contributed by atoms with van der Waals surface area (Å²) in [5, 5.41) is 20.9. The number of unbranched alkanes of at least 4 members (excludes halogenated alkanes) is 1. The number of benzene rings is 1. The Kier molecular flexibility index (Phi) is 4.58. The summed E-state index contributed by atoms with van der Waals surface area (Å²) < 4.78 is 1.86. The van der Waals surface area contributed by atoms with Gasteiger partial charge < -0.3 is 5.11 Å². The van der Waals surface area contributed by atoms with E-state index >= 15 is 0 Å². The fourth-order valence-corrected chi connectivity index (χ4v) is 2.33. The van der Waals surface area contributed by atoms with Crippen LogP contribution in [0, 0.1) is 0 Å². The summed E-state index contributed by atoms with van der Waals surface area (Å²) in [5.74, 6) is 1.91. The Balaban J connectivity index is 1.93. The highest BCUT2D eigenvalue weighted by Gasteiger charge is 2.06. The number of aromatic nitrogens is 4. The number of rotatable bonds is 6. The van der Waals surface area contributed by atoms with Gasteiger partial charge in [0.1, 0.15) is 5.75 Å². The van der Waals surface area contributed by atoms with Gasteiger partial charge in [-0.05, 0) is 41.1 Å². The Morgan fingerprint density at radius 2 is 2.06 bits per heavy atom. The molecule has 0 aliphatic heterocycles. The molecule has 6 heteroatoms. The molecule has 1 aromatic heterocycles. The van der Waals surface area contributed by atoms with Gasteiger partial charge in [-0.1, -0.05) is 13.3 Å². The third-order valence-electron chi connectivity index (χ3n) is 2.53. The first-order valence-electron chi connectivity index (χ1n) is 5.96. The van der Waals surface area contributed by atoms with E-state index in [4.69, 9.17) is 0 Å². The van der Waals surface area contributed by atoms with Crippen LogP contribution < -0.4 is 0 Å². The molecule has 0 atom stereocenters. The van der Waals surface area contributed by atoms with Crippen molar-refractivity contribution in [2.24, 2.45) is 0 Å². The monoisotopic (exact) mass is 264 g/mol. The molecule has 1 heterocycles. The number of hydrogen-bond donors (Lipinski definition) is 1. The maximum absolute atomic E-state index is 9.20. The zero-order valence-corrected chi connectivity index (χ0v) is 11.1. The minimum absolute atomic E-state index is 0.284. The first-order valence-corrected chi connectivity index (χ1v) is 6.95. The first-order chi connectivity index (χ1) is 8.79. The molecule has 0 fully saturated rings. The van der Waals surface area contributed by atoms with E-state index in [0.29, 0.717) is 0 Å². The highest BCUT2D eigenvalue weighted by atomic mass is 32.2. The molecular weight excluding hydrogens is 248 g/mol.